The monoisotopic (exact) mass is 430 g/mol. The third-order valence-corrected chi connectivity index (χ3v) is 6.69. The van der Waals surface area contributed by atoms with Gasteiger partial charge in [-0.1, -0.05) is 32.0 Å². The molecular formula is C27H30N2O3. The van der Waals surface area contributed by atoms with Gasteiger partial charge in [0, 0.05) is 48.8 Å². The van der Waals surface area contributed by atoms with Crippen molar-refractivity contribution in [2.45, 2.75) is 40.3 Å². The molecule has 32 heavy (non-hydrogen) atoms. The highest BCUT2D eigenvalue weighted by Gasteiger charge is 2.33. The van der Waals surface area contributed by atoms with Gasteiger partial charge in [0.25, 0.3) is 0 Å². The molecular weight excluding hydrogens is 400 g/mol. The lowest BCUT2D eigenvalue weighted by Gasteiger charge is -2.35. The predicted molar refractivity (Wildman–Crippen MR) is 127 cm³/mol. The number of carbonyl (C=O) groups excluding carboxylic acids is 1. The fourth-order valence-corrected chi connectivity index (χ4v) is 5.39. The average molecular weight is 431 g/mol. The first kappa shape index (κ1) is 20.8. The lowest BCUT2D eigenvalue weighted by Crippen LogP contribution is -2.38. The Morgan fingerprint density at radius 1 is 1.12 bits per heavy atom. The van der Waals surface area contributed by atoms with Gasteiger partial charge in [-0.15, -0.1) is 0 Å². The summed E-state index contributed by atoms with van der Waals surface area (Å²) in [5.74, 6) is 2.11. The van der Waals surface area contributed by atoms with Crippen LogP contribution in [-0.2, 0) is 13.1 Å². The largest absolute Gasteiger partial charge is 0.507 e. The lowest BCUT2D eigenvalue weighted by atomic mass is 9.91. The summed E-state index contributed by atoms with van der Waals surface area (Å²) in [7, 11) is 0. The van der Waals surface area contributed by atoms with Crippen molar-refractivity contribution in [1.82, 2.24) is 9.47 Å². The summed E-state index contributed by atoms with van der Waals surface area (Å²) in [5, 5.41) is 11.7. The predicted octanol–water partition coefficient (Wildman–Crippen LogP) is 5.46. The summed E-state index contributed by atoms with van der Waals surface area (Å²) >= 11 is 0. The molecule has 0 unspecified atom stereocenters. The Labute approximate surface area is 188 Å². The molecule has 0 radical (unpaired) electrons. The molecule has 0 aliphatic carbocycles. The minimum absolute atomic E-state index is 0.130. The van der Waals surface area contributed by atoms with E-state index in [0.717, 1.165) is 36.1 Å². The number of hydrogen-bond donors (Lipinski definition) is 1. The third-order valence-electron chi connectivity index (χ3n) is 6.69. The second-order valence-corrected chi connectivity index (χ2v) is 9.41. The van der Waals surface area contributed by atoms with Crippen LogP contribution in [0.15, 0.2) is 48.4 Å². The Morgan fingerprint density at radius 3 is 2.62 bits per heavy atom. The fraction of sp³-hybridized carbons (Fsp3) is 0.370. The number of nitrogens with zero attached hydrogens (tertiary/aromatic N) is 2. The van der Waals surface area contributed by atoms with Crippen LogP contribution in [0.3, 0.4) is 0 Å². The van der Waals surface area contributed by atoms with Gasteiger partial charge in [0.05, 0.1) is 11.1 Å². The minimum atomic E-state index is -0.130. The Balaban J connectivity index is 1.50. The van der Waals surface area contributed by atoms with E-state index in [0.29, 0.717) is 41.0 Å². The van der Waals surface area contributed by atoms with Crippen LogP contribution in [0.4, 0.5) is 0 Å². The van der Waals surface area contributed by atoms with E-state index in [1.54, 1.807) is 12.1 Å². The molecule has 3 heterocycles. The number of phenols is 1. The number of ether oxygens (including phenoxy) is 1. The maximum absolute atomic E-state index is 13.2. The number of hydrogen-bond acceptors (Lipinski definition) is 4. The first-order valence-electron chi connectivity index (χ1n) is 11.5. The molecule has 0 amide bonds. The van der Waals surface area contributed by atoms with Crippen molar-refractivity contribution >= 4 is 22.8 Å². The van der Waals surface area contributed by atoms with E-state index in [1.807, 2.05) is 18.2 Å². The molecule has 0 spiro atoms. The highest BCUT2D eigenvalue weighted by molar-refractivity contribution is 6.15. The average Bonchev–Trinajstić information content (AvgIpc) is 3.28. The van der Waals surface area contributed by atoms with Gasteiger partial charge >= 0.3 is 0 Å². The topological polar surface area (TPSA) is 54.7 Å². The van der Waals surface area contributed by atoms with Gasteiger partial charge in [0.15, 0.2) is 5.76 Å². The zero-order valence-electron chi connectivity index (χ0n) is 19.0. The van der Waals surface area contributed by atoms with E-state index in [4.69, 9.17) is 4.74 Å². The van der Waals surface area contributed by atoms with Gasteiger partial charge in [-0.2, -0.15) is 0 Å². The van der Waals surface area contributed by atoms with Crippen LogP contribution < -0.4 is 4.74 Å². The molecule has 0 saturated carbocycles. The van der Waals surface area contributed by atoms with E-state index < -0.39 is 0 Å². The summed E-state index contributed by atoms with van der Waals surface area (Å²) in [4.78, 5) is 15.5. The molecule has 1 N–H and O–H groups in total. The molecule has 2 aliphatic heterocycles. The Morgan fingerprint density at radius 2 is 1.88 bits per heavy atom. The number of aromatic nitrogens is 1. The van der Waals surface area contributed by atoms with Gasteiger partial charge < -0.3 is 14.4 Å². The van der Waals surface area contributed by atoms with E-state index in [-0.39, 0.29) is 11.5 Å². The van der Waals surface area contributed by atoms with Gasteiger partial charge in [-0.3, -0.25) is 9.69 Å². The van der Waals surface area contributed by atoms with Gasteiger partial charge in [0.1, 0.15) is 11.5 Å². The molecule has 2 aromatic carbocycles. The van der Waals surface area contributed by atoms with Gasteiger partial charge in [0.2, 0.25) is 5.78 Å². The zero-order valence-corrected chi connectivity index (χ0v) is 19.0. The maximum Gasteiger partial charge on any atom is 0.231 e. The number of benzene rings is 2. The molecule has 166 valence electrons. The van der Waals surface area contributed by atoms with E-state index in [9.17, 15) is 9.90 Å². The second-order valence-electron chi connectivity index (χ2n) is 9.41. The lowest BCUT2D eigenvalue weighted by molar-refractivity contribution is 0.101. The molecule has 2 aliphatic rings. The Bertz CT molecular complexity index is 1210. The van der Waals surface area contributed by atoms with Crippen LogP contribution in [0.5, 0.6) is 11.5 Å². The second kappa shape index (κ2) is 8.14. The number of Topliss-reactive ketones (excluding diaryl/α,β-unsaturated/α-hetero) is 1. The number of carbonyl (C=O) groups is 1. The van der Waals surface area contributed by atoms with E-state index in [2.05, 4.69) is 48.6 Å². The SMILES string of the molecule is CCn1cc(/C=C2/Oc3c(ccc(O)c3CN3C[C@@H](C)C[C@H](C)C3)C2=O)c2ccccc21. The minimum Gasteiger partial charge on any atom is -0.507 e. The summed E-state index contributed by atoms with van der Waals surface area (Å²) in [5.41, 5.74) is 3.33. The van der Waals surface area contributed by atoms with Crippen LogP contribution in [-0.4, -0.2) is 33.4 Å². The smallest absolute Gasteiger partial charge is 0.231 e. The van der Waals surface area contributed by atoms with Crippen LogP contribution in [0.2, 0.25) is 0 Å². The maximum atomic E-state index is 13.2. The van der Waals surface area contributed by atoms with Crippen molar-refractivity contribution in [3.05, 3.63) is 65.0 Å². The molecule has 2 atom stereocenters. The standard InChI is InChI=1S/C27H30N2O3/c1-4-29-15-19(20-7-5-6-8-23(20)29)12-25-26(31)21-9-10-24(30)22(27(21)32-25)16-28-13-17(2)11-18(3)14-28/h5-10,12,15,17-18,30H,4,11,13-14,16H2,1-3H3/b25-12+/t17-,18-/m0/s1. The van der Waals surface area contributed by atoms with E-state index in [1.165, 1.54) is 6.42 Å². The third kappa shape index (κ3) is 3.61. The van der Waals surface area contributed by atoms with Crippen molar-refractivity contribution in [3.63, 3.8) is 0 Å². The molecule has 1 aromatic heterocycles. The number of ketones is 1. The number of rotatable bonds is 4. The summed E-state index contributed by atoms with van der Waals surface area (Å²) in [6.45, 7) is 10.1. The van der Waals surface area contributed by atoms with Crippen LogP contribution in [0.25, 0.3) is 17.0 Å². The van der Waals surface area contributed by atoms with Crippen molar-refractivity contribution in [1.29, 1.82) is 0 Å². The van der Waals surface area contributed by atoms with Crippen molar-refractivity contribution in [3.8, 4) is 11.5 Å². The number of para-hydroxylation sites is 1. The van der Waals surface area contributed by atoms with E-state index >= 15 is 0 Å². The zero-order chi connectivity index (χ0) is 22.4. The quantitative estimate of drug-likeness (QED) is 0.559. The molecule has 1 saturated heterocycles. The van der Waals surface area contributed by atoms with Crippen molar-refractivity contribution in [2.75, 3.05) is 13.1 Å². The number of allylic oxidation sites excluding steroid dienone is 1. The van der Waals surface area contributed by atoms with Crippen LogP contribution in [0, 0.1) is 11.8 Å². The Hall–Kier alpha value is -3.05. The van der Waals surface area contributed by atoms with Crippen LogP contribution in [0.1, 0.15) is 48.7 Å². The molecule has 5 heteroatoms. The summed E-state index contributed by atoms with van der Waals surface area (Å²) in [6, 6.07) is 11.5. The van der Waals surface area contributed by atoms with Crippen molar-refractivity contribution < 1.29 is 14.6 Å². The Kier molecular flexibility index (Phi) is 5.30. The number of piperidine rings is 1. The number of phenolic OH excluding ortho intramolecular Hbond substituents is 1. The number of aromatic hydroxyl groups is 1. The first-order valence-corrected chi connectivity index (χ1v) is 11.5. The highest BCUT2D eigenvalue weighted by Crippen LogP contribution is 2.41. The molecule has 1 fully saturated rings. The first-order chi connectivity index (χ1) is 15.4. The molecule has 3 aromatic rings. The number of likely N-dealkylation sites (tertiary alicyclic amines) is 1. The summed E-state index contributed by atoms with van der Waals surface area (Å²) in [6.07, 6.45) is 5.12. The highest BCUT2D eigenvalue weighted by atomic mass is 16.5. The van der Waals surface area contributed by atoms with Gasteiger partial charge in [-0.05, 0) is 49.5 Å². The number of fused-ring (bicyclic) bond motifs is 2. The van der Waals surface area contributed by atoms with Gasteiger partial charge in [-0.25, -0.2) is 0 Å². The molecule has 5 rings (SSSR count). The normalized spacial score (nSPS) is 22.5. The summed E-state index contributed by atoms with van der Waals surface area (Å²) < 4.78 is 8.31. The fourth-order valence-electron chi connectivity index (χ4n) is 5.39. The number of aryl methyl sites for hydroxylation is 1. The van der Waals surface area contributed by atoms with Crippen molar-refractivity contribution in [2.24, 2.45) is 11.8 Å². The molecule has 5 nitrogen and oxygen atoms in total. The molecule has 0 bridgehead atoms. The van der Waals surface area contributed by atoms with Crippen LogP contribution >= 0.6 is 0 Å².